The standard InChI is InChI=1S/C14H8F3N3O/c15-10-3-8(4-11(16)13(10)17)14(21)19-9-2-1-7-6-18-20-12(7)5-9/h1-6H,(H,18,20)(H,19,21). The van der Waals surface area contributed by atoms with Crippen molar-refractivity contribution in [2.75, 3.05) is 5.32 Å². The van der Waals surface area contributed by atoms with Crippen molar-refractivity contribution in [3.63, 3.8) is 0 Å². The van der Waals surface area contributed by atoms with Gasteiger partial charge in [-0.2, -0.15) is 5.10 Å². The third-order valence-corrected chi connectivity index (χ3v) is 2.95. The summed E-state index contributed by atoms with van der Waals surface area (Å²) in [6.45, 7) is 0. The number of benzene rings is 2. The molecule has 0 aliphatic carbocycles. The van der Waals surface area contributed by atoms with E-state index in [0.29, 0.717) is 23.3 Å². The molecule has 0 aliphatic heterocycles. The predicted molar refractivity (Wildman–Crippen MR) is 70.4 cm³/mol. The second-order valence-corrected chi connectivity index (χ2v) is 4.38. The van der Waals surface area contributed by atoms with Crippen LogP contribution in [0.2, 0.25) is 0 Å². The number of carbonyl (C=O) groups excluding carboxylic acids is 1. The maximum atomic E-state index is 13.1. The Labute approximate surface area is 116 Å². The number of nitrogens with zero attached hydrogens (tertiary/aromatic N) is 1. The molecule has 3 aromatic rings. The summed E-state index contributed by atoms with van der Waals surface area (Å²) in [5.41, 5.74) is 0.808. The van der Waals surface area contributed by atoms with Crippen LogP contribution >= 0.6 is 0 Å². The van der Waals surface area contributed by atoms with Gasteiger partial charge in [0.25, 0.3) is 5.91 Å². The van der Waals surface area contributed by atoms with Crippen LogP contribution < -0.4 is 5.32 Å². The minimum atomic E-state index is -1.61. The summed E-state index contributed by atoms with van der Waals surface area (Å²) >= 11 is 0. The molecule has 4 nitrogen and oxygen atoms in total. The summed E-state index contributed by atoms with van der Waals surface area (Å²) < 4.78 is 39.0. The summed E-state index contributed by atoms with van der Waals surface area (Å²) in [6.07, 6.45) is 1.62. The molecule has 1 aromatic heterocycles. The number of aromatic nitrogens is 2. The Morgan fingerprint density at radius 2 is 1.81 bits per heavy atom. The van der Waals surface area contributed by atoms with E-state index in [0.717, 1.165) is 5.39 Å². The van der Waals surface area contributed by atoms with Gasteiger partial charge in [-0.25, -0.2) is 13.2 Å². The van der Waals surface area contributed by atoms with Gasteiger partial charge in [-0.05, 0) is 30.3 Å². The molecular formula is C14H8F3N3O. The van der Waals surface area contributed by atoms with E-state index in [1.165, 1.54) is 0 Å². The highest BCUT2D eigenvalue weighted by atomic mass is 19.2. The monoisotopic (exact) mass is 291 g/mol. The van der Waals surface area contributed by atoms with Gasteiger partial charge in [-0.1, -0.05) is 0 Å². The summed E-state index contributed by atoms with van der Waals surface area (Å²) in [4.78, 5) is 11.9. The molecule has 0 fully saturated rings. The highest BCUT2D eigenvalue weighted by Crippen LogP contribution is 2.19. The SMILES string of the molecule is O=C(Nc1ccc2cn[nH]c2c1)c1cc(F)c(F)c(F)c1. The first kappa shape index (κ1) is 13.2. The first-order valence-corrected chi connectivity index (χ1v) is 5.93. The van der Waals surface area contributed by atoms with Crippen molar-refractivity contribution < 1.29 is 18.0 Å². The van der Waals surface area contributed by atoms with E-state index in [9.17, 15) is 18.0 Å². The molecule has 1 heterocycles. The minimum absolute atomic E-state index is 0.309. The molecule has 0 saturated heterocycles. The van der Waals surface area contributed by atoms with E-state index in [4.69, 9.17) is 0 Å². The number of hydrogen-bond donors (Lipinski definition) is 2. The lowest BCUT2D eigenvalue weighted by Gasteiger charge is -2.06. The molecule has 3 rings (SSSR count). The Kier molecular flexibility index (Phi) is 3.09. The Morgan fingerprint density at radius 3 is 2.52 bits per heavy atom. The molecule has 0 unspecified atom stereocenters. The fourth-order valence-electron chi connectivity index (χ4n) is 1.90. The second kappa shape index (κ2) is 4.93. The van der Waals surface area contributed by atoms with E-state index < -0.39 is 23.4 Å². The fourth-order valence-corrected chi connectivity index (χ4v) is 1.90. The average molecular weight is 291 g/mol. The smallest absolute Gasteiger partial charge is 0.255 e. The van der Waals surface area contributed by atoms with Crippen molar-refractivity contribution in [2.24, 2.45) is 0 Å². The molecule has 7 heteroatoms. The van der Waals surface area contributed by atoms with Crippen molar-refractivity contribution in [3.8, 4) is 0 Å². The van der Waals surface area contributed by atoms with Gasteiger partial charge in [0.1, 0.15) is 0 Å². The van der Waals surface area contributed by atoms with Crippen LogP contribution in [0.1, 0.15) is 10.4 Å². The molecular weight excluding hydrogens is 283 g/mol. The van der Waals surface area contributed by atoms with Gasteiger partial charge >= 0.3 is 0 Å². The van der Waals surface area contributed by atoms with Crippen LogP contribution in [0.15, 0.2) is 36.5 Å². The first-order valence-electron chi connectivity index (χ1n) is 5.93. The number of nitrogens with one attached hydrogen (secondary N) is 2. The number of aromatic amines is 1. The Balaban J connectivity index is 1.88. The molecule has 2 aromatic carbocycles. The highest BCUT2D eigenvalue weighted by molar-refractivity contribution is 6.05. The molecule has 21 heavy (non-hydrogen) atoms. The van der Waals surface area contributed by atoms with E-state index in [1.807, 2.05) is 0 Å². The topological polar surface area (TPSA) is 57.8 Å². The van der Waals surface area contributed by atoms with Gasteiger partial charge < -0.3 is 5.32 Å². The lowest BCUT2D eigenvalue weighted by atomic mass is 10.1. The zero-order valence-corrected chi connectivity index (χ0v) is 10.5. The Hall–Kier alpha value is -2.83. The number of fused-ring (bicyclic) bond motifs is 1. The third-order valence-electron chi connectivity index (χ3n) is 2.95. The van der Waals surface area contributed by atoms with Crippen molar-refractivity contribution >= 4 is 22.5 Å². The van der Waals surface area contributed by atoms with Crippen LogP contribution in [0.3, 0.4) is 0 Å². The molecule has 106 valence electrons. The molecule has 0 saturated carbocycles. The molecule has 2 N–H and O–H groups in total. The number of carbonyl (C=O) groups is 1. The number of H-pyrrole nitrogens is 1. The molecule has 0 radical (unpaired) electrons. The van der Waals surface area contributed by atoms with Crippen LogP contribution in [-0.2, 0) is 0 Å². The maximum absolute atomic E-state index is 13.1. The van der Waals surface area contributed by atoms with Crippen LogP contribution in [0.25, 0.3) is 10.9 Å². The molecule has 0 atom stereocenters. The molecule has 0 aliphatic rings. The lowest BCUT2D eigenvalue weighted by molar-refractivity contribution is 0.102. The van der Waals surface area contributed by atoms with E-state index in [-0.39, 0.29) is 5.56 Å². The summed E-state index contributed by atoms with van der Waals surface area (Å²) in [5.74, 6) is -5.18. The summed E-state index contributed by atoms with van der Waals surface area (Å²) in [7, 11) is 0. The Bertz CT molecular complexity index is 821. The number of hydrogen-bond acceptors (Lipinski definition) is 2. The van der Waals surface area contributed by atoms with Gasteiger partial charge in [-0.3, -0.25) is 9.89 Å². The van der Waals surface area contributed by atoms with Crippen molar-refractivity contribution in [3.05, 3.63) is 59.5 Å². The van der Waals surface area contributed by atoms with Gasteiger partial charge in [-0.15, -0.1) is 0 Å². The summed E-state index contributed by atoms with van der Waals surface area (Å²) in [6, 6.07) is 6.24. The molecule has 0 bridgehead atoms. The van der Waals surface area contributed by atoms with E-state index >= 15 is 0 Å². The minimum Gasteiger partial charge on any atom is -0.322 e. The van der Waals surface area contributed by atoms with Crippen LogP contribution in [0.4, 0.5) is 18.9 Å². The zero-order chi connectivity index (χ0) is 15.0. The normalized spacial score (nSPS) is 10.8. The molecule has 1 amide bonds. The van der Waals surface area contributed by atoms with Crippen molar-refractivity contribution in [1.82, 2.24) is 10.2 Å². The molecule has 0 spiro atoms. The van der Waals surface area contributed by atoms with Crippen molar-refractivity contribution in [1.29, 1.82) is 0 Å². The maximum Gasteiger partial charge on any atom is 0.255 e. The van der Waals surface area contributed by atoms with Gasteiger partial charge in [0.15, 0.2) is 17.5 Å². The Morgan fingerprint density at radius 1 is 1.10 bits per heavy atom. The lowest BCUT2D eigenvalue weighted by Crippen LogP contribution is -2.13. The van der Waals surface area contributed by atoms with Crippen LogP contribution in [0, 0.1) is 17.5 Å². The van der Waals surface area contributed by atoms with Gasteiger partial charge in [0.05, 0.1) is 11.7 Å². The van der Waals surface area contributed by atoms with Crippen LogP contribution in [0.5, 0.6) is 0 Å². The number of amides is 1. The highest BCUT2D eigenvalue weighted by Gasteiger charge is 2.15. The predicted octanol–water partition coefficient (Wildman–Crippen LogP) is 3.23. The average Bonchev–Trinajstić information content (AvgIpc) is 2.91. The fraction of sp³-hybridized carbons (Fsp3) is 0. The summed E-state index contributed by atoms with van der Waals surface area (Å²) in [5, 5.41) is 9.89. The first-order chi connectivity index (χ1) is 10.0. The van der Waals surface area contributed by atoms with Gasteiger partial charge in [0.2, 0.25) is 0 Å². The quantitative estimate of drug-likeness (QED) is 0.712. The van der Waals surface area contributed by atoms with E-state index in [2.05, 4.69) is 15.5 Å². The van der Waals surface area contributed by atoms with Crippen LogP contribution in [-0.4, -0.2) is 16.1 Å². The third kappa shape index (κ3) is 2.45. The zero-order valence-electron chi connectivity index (χ0n) is 10.5. The second-order valence-electron chi connectivity index (χ2n) is 4.38. The number of rotatable bonds is 2. The van der Waals surface area contributed by atoms with Gasteiger partial charge in [0, 0.05) is 16.6 Å². The number of halogens is 3. The number of anilines is 1. The largest absolute Gasteiger partial charge is 0.322 e. The van der Waals surface area contributed by atoms with E-state index in [1.54, 1.807) is 24.4 Å². The van der Waals surface area contributed by atoms with Crippen molar-refractivity contribution in [2.45, 2.75) is 0 Å².